The van der Waals surface area contributed by atoms with Crippen LogP contribution >= 0.6 is 0 Å². The summed E-state index contributed by atoms with van der Waals surface area (Å²) in [6, 6.07) is 8.03. The molecule has 30 heavy (non-hydrogen) atoms. The number of benzene rings is 1. The summed E-state index contributed by atoms with van der Waals surface area (Å²) in [7, 11) is 0. The van der Waals surface area contributed by atoms with E-state index < -0.39 is 0 Å². The van der Waals surface area contributed by atoms with Crippen molar-refractivity contribution in [2.75, 3.05) is 44.2 Å². The molecule has 7 heteroatoms. The Labute approximate surface area is 179 Å². The Morgan fingerprint density at radius 3 is 2.53 bits per heavy atom. The first-order valence-electron chi connectivity index (χ1n) is 11.4. The molecule has 0 aliphatic carbocycles. The number of hydrogen-bond donors (Lipinski definition) is 1. The van der Waals surface area contributed by atoms with Crippen molar-refractivity contribution in [2.45, 2.75) is 52.4 Å². The van der Waals surface area contributed by atoms with Crippen LogP contribution in [-0.4, -0.2) is 70.9 Å². The van der Waals surface area contributed by atoms with Gasteiger partial charge < -0.3 is 19.7 Å². The number of imidazole rings is 1. The lowest BCUT2D eigenvalue weighted by atomic mass is 10.2. The van der Waals surface area contributed by atoms with Gasteiger partial charge in [-0.05, 0) is 37.8 Å². The molecule has 0 atom stereocenters. The zero-order valence-electron chi connectivity index (χ0n) is 18.4. The summed E-state index contributed by atoms with van der Waals surface area (Å²) < 4.78 is 0. The van der Waals surface area contributed by atoms with Crippen molar-refractivity contribution in [3.63, 3.8) is 0 Å². The second-order valence-corrected chi connectivity index (χ2v) is 8.03. The van der Waals surface area contributed by atoms with Gasteiger partial charge in [-0.25, -0.2) is 4.98 Å². The number of H-pyrrole nitrogens is 1. The minimum atomic E-state index is 0.159. The van der Waals surface area contributed by atoms with E-state index in [9.17, 15) is 9.59 Å². The van der Waals surface area contributed by atoms with Crippen molar-refractivity contribution in [2.24, 2.45) is 0 Å². The van der Waals surface area contributed by atoms with E-state index in [-0.39, 0.29) is 11.8 Å². The molecule has 3 rings (SSSR count). The van der Waals surface area contributed by atoms with Gasteiger partial charge in [-0.3, -0.25) is 9.59 Å². The van der Waals surface area contributed by atoms with E-state index in [0.29, 0.717) is 25.8 Å². The highest BCUT2D eigenvalue weighted by Gasteiger charge is 2.21. The van der Waals surface area contributed by atoms with E-state index >= 15 is 0 Å². The zero-order chi connectivity index (χ0) is 21.3. The van der Waals surface area contributed by atoms with Gasteiger partial charge in [0.25, 0.3) is 0 Å². The van der Waals surface area contributed by atoms with Crippen LogP contribution in [0.3, 0.4) is 0 Å². The largest absolute Gasteiger partial charge is 0.343 e. The summed E-state index contributed by atoms with van der Waals surface area (Å²) >= 11 is 0. The monoisotopic (exact) mass is 413 g/mol. The van der Waals surface area contributed by atoms with Gasteiger partial charge in [0.2, 0.25) is 17.8 Å². The molecule has 0 radical (unpaired) electrons. The van der Waals surface area contributed by atoms with Crippen LogP contribution in [0.25, 0.3) is 11.0 Å². The molecule has 1 aromatic carbocycles. The standard InChI is InChI=1S/C23H35N5O2/c1-3-13-26(14-4-2)21(29)11-7-12-22(30)27-15-8-16-28(18-17-27)23-24-19-9-5-6-10-20(19)25-23/h5-6,9-10H,3-4,7-8,11-18H2,1-2H3,(H,24,25). The van der Waals surface area contributed by atoms with Crippen LogP contribution in [0.2, 0.25) is 0 Å². The lowest BCUT2D eigenvalue weighted by Gasteiger charge is -2.23. The van der Waals surface area contributed by atoms with Gasteiger partial charge in [0.15, 0.2) is 0 Å². The van der Waals surface area contributed by atoms with Gasteiger partial charge in [0, 0.05) is 52.1 Å². The number of carbonyl (C=O) groups is 2. The maximum atomic E-state index is 12.7. The quantitative estimate of drug-likeness (QED) is 0.684. The second-order valence-electron chi connectivity index (χ2n) is 8.03. The molecule has 1 saturated heterocycles. The third kappa shape index (κ3) is 5.74. The Hall–Kier alpha value is -2.57. The van der Waals surface area contributed by atoms with Crippen molar-refractivity contribution >= 4 is 28.8 Å². The number of hydrogen-bond acceptors (Lipinski definition) is 4. The van der Waals surface area contributed by atoms with E-state index in [0.717, 1.165) is 69.0 Å². The predicted octanol–water partition coefficient (Wildman–Crippen LogP) is 3.42. The average molecular weight is 414 g/mol. The highest BCUT2D eigenvalue weighted by atomic mass is 16.2. The molecule has 2 amide bonds. The minimum absolute atomic E-state index is 0.159. The molecule has 7 nitrogen and oxygen atoms in total. The van der Waals surface area contributed by atoms with Gasteiger partial charge in [0.05, 0.1) is 11.0 Å². The Bertz CT molecular complexity index is 795. The van der Waals surface area contributed by atoms with Crippen LogP contribution in [-0.2, 0) is 9.59 Å². The first kappa shape index (κ1) is 22.1. The van der Waals surface area contributed by atoms with Crippen molar-refractivity contribution in [3.05, 3.63) is 24.3 Å². The van der Waals surface area contributed by atoms with Gasteiger partial charge in [-0.2, -0.15) is 0 Å². The van der Waals surface area contributed by atoms with Gasteiger partial charge in [0.1, 0.15) is 0 Å². The van der Waals surface area contributed by atoms with Crippen molar-refractivity contribution < 1.29 is 9.59 Å². The van der Waals surface area contributed by atoms with Crippen molar-refractivity contribution in [1.29, 1.82) is 0 Å². The van der Waals surface area contributed by atoms with Crippen LogP contribution in [0, 0.1) is 0 Å². The lowest BCUT2D eigenvalue weighted by molar-refractivity contribution is -0.132. The highest BCUT2D eigenvalue weighted by Crippen LogP contribution is 2.19. The molecular weight excluding hydrogens is 378 g/mol. The number of fused-ring (bicyclic) bond motifs is 1. The second kappa shape index (κ2) is 11.0. The molecule has 0 bridgehead atoms. The first-order chi connectivity index (χ1) is 14.6. The number of nitrogens with one attached hydrogen (secondary N) is 1. The van der Waals surface area contributed by atoms with E-state index in [1.54, 1.807) is 0 Å². The number of aromatic amines is 1. The van der Waals surface area contributed by atoms with E-state index in [4.69, 9.17) is 0 Å². The molecule has 2 heterocycles. The molecule has 0 unspecified atom stereocenters. The number of amides is 2. The van der Waals surface area contributed by atoms with Gasteiger partial charge >= 0.3 is 0 Å². The molecule has 1 aliphatic heterocycles. The highest BCUT2D eigenvalue weighted by molar-refractivity contribution is 5.79. The summed E-state index contributed by atoms with van der Waals surface area (Å²) in [5.41, 5.74) is 2.00. The predicted molar refractivity (Wildman–Crippen MR) is 121 cm³/mol. The summed E-state index contributed by atoms with van der Waals surface area (Å²) in [5.74, 6) is 1.22. The normalized spacial score (nSPS) is 14.7. The van der Waals surface area contributed by atoms with Crippen molar-refractivity contribution in [1.82, 2.24) is 19.8 Å². The van der Waals surface area contributed by atoms with Crippen LogP contribution in [0.5, 0.6) is 0 Å². The van der Waals surface area contributed by atoms with E-state index in [1.165, 1.54) is 0 Å². The molecule has 1 aromatic heterocycles. The SMILES string of the molecule is CCCN(CCC)C(=O)CCCC(=O)N1CCCN(c2nc3ccccc3[nH]2)CC1. The third-order valence-corrected chi connectivity index (χ3v) is 5.65. The van der Waals surface area contributed by atoms with Crippen molar-refractivity contribution in [3.8, 4) is 0 Å². The third-order valence-electron chi connectivity index (χ3n) is 5.65. The molecule has 2 aromatic rings. The lowest BCUT2D eigenvalue weighted by Crippen LogP contribution is -2.36. The Morgan fingerprint density at radius 1 is 1.03 bits per heavy atom. The fourth-order valence-electron chi connectivity index (χ4n) is 4.08. The molecule has 164 valence electrons. The fourth-order valence-corrected chi connectivity index (χ4v) is 4.08. The average Bonchev–Trinajstić information content (AvgIpc) is 3.02. The van der Waals surface area contributed by atoms with E-state index in [2.05, 4.69) is 28.7 Å². The summed E-state index contributed by atoms with van der Waals surface area (Å²) in [5, 5.41) is 0. The Balaban J connectivity index is 1.46. The number of carbonyl (C=O) groups excluding carboxylic acids is 2. The Morgan fingerprint density at radius 2 is 1.80 bits per heavy atom. The molecule has 1 fully saturated rings. The number of aromatic nitrogens is 2. The van der Waals surface area contributed by atoms with Crippen LogP contribution < -0.4 is 4.90 Å². The molecule has 1 aliphatic rings. The summed E-state index contributed by atoms with van der Waals surface area (Å²) in [4.78, 5) is 39.3. The molecule has 1 N–H and O–H groups in total. The van der Waals surface area contributed by atoms with Gasteiger partial charge in [-0.15, -0.1) is 0 Å². The van der Waals surface area contributed by atoms with Crippen LogP contribution in [0.4, 0.5) is 5.95 Å². The summed E-state index contributed by atoms with van der Waals surface area (Å²) in [6.07, 6.45) is 4.40. The van der Waals surface area contributed by atoms with Crippen LogP contribution in [0.15, 0.2) is 24.3 Å². The number of nitrogens with zero attached hydrogens (tertiary/aromatic N) is 4. The molecule has 0 spiro atoms. The topological polar surface area (TPSA) is 72.5 Å². The molecular formula is C23H35N5O2. The first-order valence-corrected chi connectivity index (χ1v) is 11.4. The fraction of sp³-hybridized carbons (Fsp3) is 0.609. The maximum absolute atomic E-state index is 12.7. The smallest absolute Gasteiger partial charge is 0.222 e. The van der Waals surface area contributed by atoms with Crippen LogP contribution in [0.1, 0.15) is 52.4 Å². The number of para-hydroxylation sites is 2. The van der Waals surface area contributed by atoms with E-state index in [1.807, 2.05) is 34.1 Å². The Kier molecular flexibility index (Phi) is 8.11. The molecule has 0 saturated carbocycles. The summed E-state index contributed by atoms with van der Waals surface area (Å²) in [6.45, 7) is 8.91. The zero-order valence-corrected chi connectivity index (χ0v) is 18.4. The van der Waals surface area contributed by atoms with Gasteiger partial charge in [-0.1, -0.05) is 26.0 Å². The number of rotatable bonds is 9. The number of anilines is 1. The maximum Gasteiger partial charge on any atom is 0.222 e. The minimum Gasteiger partial charge on any atom is -0.343 e.